The van der Waals surface area contributed by atoms with E-state index >= 15 is 0 Å². The molecule has 120 valence electrons. The molecule has 2 aromatic rings. The second kappa shape index (κ2) is 7.68. The molecule has 0 bridgehead atoms. The maximum atomic E-state index is 5.38. The summed E-state index contributed by atoms with van der Waals surface area (Å²) < 4.78 is 7.41. The highest BCUT2D eigenvalue weighted by atomic mass is 16.5. The fourth-order valence-corrected chi connectivity index (χ4v) is 2.38. The van der Waals surface area contributed by atoms with E-state index in [2.05, 4.69) is 46.9 Å². The van der Waals surface area contributed by atoms with Gasteiger partial charge in [-0.25, -0.2) is 0 Å². The van der Waals surface area contributed by atoms with Crippen LogP contribution in [0.1, 0.15) is 36.4 Å². The highest BCUT2D eigenvalue weighted by Gasteiger charge is 2.13. The lowest BCUT2D eigenvalue weighted by Crippen LogP contribution is -2.36. The third kappa shape index (κ3) is 3.90. The van der Waals surface area contributed by atoms with Crippen molar-refractivity contribution < 1.29 is 4.52 Å². The maximum Gasteiger partial charge on any atom is 0.191 e. The van der Waals surface area contributed by atoms with Crippen molar-refractivity contribution in [3.05, 3.63) is 41.0 Å². The Morgan fingerprint density at radius 3 is 2.64 bits per heavy atom. The number of nitrogens with one attached hydrogen (secondary N) is 2. The molecule has 0 fully saturated rings. The summed E-state index contributed by atoms with van der Waals surface area (Å²) in [5.41, 5.74) is 3.38. The highest BCUT2D eigenvalue weighted by Crippen LogP contribution is 2.15. The van der Waals surface area contributed by atoms with Gasteiger partial charge in [-0.2, -0.15) is 0 Å². The van der Waals surface area contributed by atoms with Crippen molar-refractivity contribution in [2.75, 3.05) is 7.05 Å². The van der Waals surface area contributed by atoms with Gasteiger partial charge in [-0.3, -0.25) is 4.99 Å². The van der Waals surface area contributed by atoms with Crippen LogP contribution in [0.4, 0.5) is 0 Å². The van der Waals surface area contributed by atoms with E-state index in [0.717, 1.165) is 42.4 Å². The normalized spacial score (nSPS) is 11.7. The summed E-state index contributed by atoms with van der Waals surface area (Å²) in [5.74, 6) is 1.72. The van der Waals surface area contributed by atoms with Gasteiger partial charge in [-0.05, 0) is 18.1 Å². The first-order valence-electron chi connectivity index (χ1n) is 7.69. The van der Waals surface area contributed by atoms with Crippen LogP contribution in [0.15, 0.2) is 28.0 Å². The summed E-state index contributed by atoms with van der Waals surface area (Å²) in [6.07, 6.45) is 5.84. The quantitative estimate of drug-likeness (QED) is 0.633. The molecule has 6 heteroatoms. The zero-order chi connectivity index (χ0) is 15.9. The number of hydrogen-bond donors (Lipinski definition) is 2. The fourth-order valence-electron chi connectivity index (χ4n) is 2.38. The number of aryl methyl sites for hydroxylation is 3. The Balaban J connectivity index is 1.92. The van der Waals surface area contributed by atoms with Crippen molar-refractivity contribution in [1.29, 1.82) is 0 Å². The van der Waals surface area contributed by atoms with Gasteiger partial charge < -0.3 is 19.7 Å². The lowest BCUT2D eigenvalue weighted by molar-refractivity contribution is 0.380. The molecule has 6 nitrogen and oxygen atoms in total. The van der Waals surface area contributed by atoms with Gasteiger partial charge in [0.1, 0.15) is 5.76 Å². The predicted molar refractivity (Wildman–Crippen MR) is 87.7 cm³/mol. The molecule has 22 heavy (non-hydrogen) atoms. The number of rotatable bonds is 6. The van der Waals surface area contributed by atoms with Gasteiger partial charge in [0.25, 0.3) is 0 Å². The van der Waals surface area contributed by atoms with E-state index in [4.69, 9.17) is 4.52 Å². The molecule has 0 aromatic carbocycles. The molecule has 2 aromatic heterocycles. The van der Waals surface area contributed by atoms with Crippen LogP contribution in [0.2, 0.25) is 0 Å². The van der Waals surface area contributed by atoms with E-state index in [9.17, 15) is 0 Å². The van der Waals surface area contributed by atoms with Crippen LogP contribution in [0.3, 0.4) is 0 Å². The summed E-state index contributed by atoms with van der Waals surface area (Å²) in [7, 11) is 3.79. The first-order valence-corrected chi connectivity index (χ1v) is 7.69. The van der Waals surface area contributed by atoms with Gasteiger partial charge in [0.2, 0.25) is 0 Å². The van der Waals surface area contributed by atoms with Crippen LogP contribution in [0.25, 0.3) is 0 Å². The Morgan fingerprint density at radius 1 is 1.27 bits per heavy atom. The van der Waals surface area contributed by atoms with Crippen LogP contribution >= 0.6 is 0 Å². The maximum absolute atomic E-state index is 5.38. The monoisotopic (exact) mass is 303 g/mol. The Hall–Kier alpha value is -2.24. The van der Waals surface area contributed by atoms with Gasteiger partial charge >= 0.3 is 0 Å². The van der Waals surface area contributed by atoms with Crippen molar-refractivity contribution >= 4 is 5.96 Å². The molecule has 0 spiro atoms. The van der Waals surface area contributed by atoms with Crippen LogP contribution in [0, 0.1) is 0 Å². The summed E-state index contributed by atoms with van der Waals surface area (Å²) in [6.45, 7) is 5.57. The average molecular weight is 303 g/mol. The number of hydrogen-bond acceptors (Lipinski definition) is 3. The average Bonchev–Trinajstić information content (AvgIpc) is 3.13. The van der Waals surface area contributed by atoms with Gasteiger partial charge in [0, 0.05) is 51.6 Å². The molecule has 0 aliphatic heterocycles. The molecule has 2 N–H and O–H groups in total. The molecule has 2 rings (SSSR count). The second-order valence-electron chi connectivity index (χ2n) is 5.20. The molecule has 0 aliphatic rings. The molecule has 0 saturated heterocycles. The van der Waals surface area contributed by atoms with Gasteiger partial charge in [0.15, 0.2) is 5.96 Å². The minimum Gasteiger partial charge on any atom is -0.361 e. The summed E-state index contributed by atoms with van der Waals surface area (Å²) in [6, 6.07) is 2.09. The largest absolute Gasteiger partial charge is 0.361 e. The van der Waals surface area contributed by atoms with Crippen LogP contribution in [-0.4, -0.2) is 22.7 Å². The van der Waals surface area contributed by atoms with E-state index in [1.807, 2.05) is 17.8 Å². The third-order valence-electron chi connectivity index (χ3n) is 3.62. The SMILES string of the molecule is CCc1noc(CC)c1CNC(=NC)NCc1ccn(C)c1. The molecule has 0 amide bonds. The molecule has 0 saturated carbocycles. The molecule has 0 atom stereocenters. The lowest BCUT2D eigenvalue weighted by atomic mass is 10.1. The first-order chi connectivity index (χ1) is 10.7. The Morgan fingerprint density at radius 2 is 2.05 bits per heavy atom. The second-order valence-corrected chi connectivity index (χ2v) is 5.20. The van der Waals surface area contributed by atoms with Gasteiger partial charge in [-0.1, -0.05) is 19.0 Å². The standard InChI is InChI=1S/C16H25N5O/c1-5-14-13(15(6-2)22-20-14)10-19-16(17-3)18-9-12-7-8-21(4)11-12/h7-8,11H,5-6,9-10H2,1-4H3,(H2,17,18,19). The van der Waals surface area contributed by atoms with Crippen molar-refractivity contribution in [3.63, 3.8) is 0 Å². The Bertz CT molecular complexity index is 605. The topological polar surface area (TPSA) is 67.4 Å². The summed E-state index contributed by atoms with van der Waals surface area (Å²) in [4.78, 5) is 4.26. The first kappa shape index (κ1) is 16.1. The highest BCUT2D eigenvalue weighted by molar-refractivity contribution is 5.79. The minimum atomic E-state index is 0.671. The Labute approximate surface area is 131 Å². The fraction of sp³-hybridized carbons (Fsp3) is 0.500. The van der Waals surface area contributed by atoms with Crippen molar-refractivity contribution in [1.82, 2.24) is 20.4 Å². The Kier molecular flexibility index (Phi) is 5.63. The molecular weight excluding hydrogens is 278 g/mol. The van der Waals surface area contributed by atoms with Crippen LogP contribution < -0.4 is 10.6 Å². The van der Waals surface area contributed by atoms with Crippen molar-refractivity contribution in [3.8, 4) is 0 Å². The summed E-state index contributed by atoms with van der Waals surface area (Å²) in [5, 5.41) is 10.8. The van der Waals surface area contributed by atoms with Crippen molar-refractivity contribution in [2.45, 2.75) is 39.8 Å². The minimum absolute atomic E-state index is 0.671. The number of aliphatic imine (C=N–C) groups is 1. The van der Waals surface area contributed by atoms with Crippen LogP contribution in [-0.2, 0) is 33.0 Å². The molecule has 2 heterocycles. The molecule has 0 radical (unpaired) electrons. The van der Waals surface area contributed by atoms with Gasteiger partial charge in [0.05, 0.1) is 5.69 Å². The van der Waals surface area contributed by atoms with E-state index in [0.29, 0.717) is 6.54 Å². The molecular formula is C16H25N5O. The lowest BCUT2D eigenvalue weighted by Gasteiger charge is -2.11. The molecule has 0 unspecified atom stereocenters. The number of guanidine groups is 1. The van der Waals surface area contributed by atoms with E-state index in [-0.39, 0.29) is 0 Å². The van der Waals surface area contributed by atoms with Crippen molar-refractivity contribution in [2.24, 2.45) is 12.0 Å². The summed E-state index contributed by atoms with van der Waals surface area (Å²) >= 11 is 0. The number of aromatic nitrogens is 2. The van der Waals surface area contributed by atoms with E-state index in [1.54, 1.807) is 7.05 Å². The smallest absolute Gasteiger partial charge is 0.191 e. The van der Waals surface area contributed by atoms with E-state index < -0.39 is 0 Å². The zero-order valence-corrected chi connectivity index (χ0v) is 13.8. The van der Waals surface area contributed by atoms with Gasteiger partial charge in [-0.15, -0.1) is 0 Å². The molecule has 0 aliphatic carbocycles. The number of nitrogens with zero attached hydrogens (tertiary/aromatic N) is 3. The van der Waals surface area contributed by atoms with Crippen LogP contribution in [0.5, 0.6) is 0 Å². The zero-order valence-electron chi connectivity index (χ0n) is 13.8. The predicted octanol–water partition coefficient (Wildman–Crippen LogP) is 2.00. The van der Waals surface area contributed by atoms with E-state index in [1.165, 1.54) is 5.56 Å². The third-order valence-corrected chi connectivity index (χ3v) is 3.62.